The summed E-state index contributed by atoms with van der Waals surface area (Å²) >= 11 is 0. The second kappa shape index (κ2) is 4.11. The molecule has 0 amide bonds. The van der Waals surface area contributed by atoms with E-state index in [1.54, 1.807) is 0 Å². The lowest BCUT2D eigenvalue weighted by Crippen LogP contribution is -2.05. The summed E-state index contributed by atoms with van der Waals surface area (Å²) in [5.74, 6) is 0.350. The highest BCUT2D eigenvalue weighted by Crippen LogP contribution is 2.41. The Morgan fingerprint density at radius 3 is 2.93 bits per heavy atom. The number of unbranched alkanes of at least 4 members (excludes halogenated alkanes) is 2. The van der Waals surface area contributed by atoms with Gasteiger partial charge in [0.05, 0.1) is 11.9 Å². The van der Waals surface area contributed by atoms with E-state index in [0.717, 1.165) is 31.5 Å². The molecule has 2 nitrogen and oxygen atoms in total. The summed E-state index contributed by atoms with van der Waals surface area (Å²) in [6.45, 7) is 3.05. The molecule has 0 unspecified atom stereocenters. The first-order valence-corrected chi connectivity index (χ1v) is 5.54. The maximum absolute atomic E-state index is 13.3. The molecule has 1 aliphatic carbocycles. The van der Waals surface area contributed by atoms with Crippen molar-refractivity contribution >= 4 is 0 Å². The van der Waals surface area contributed by atoms with Crippen molar-refractivity contribution in [2.24, 2.45) is 0 Å². The number of rotatable bonds is 5. The Hall–Kier alpha value is -0.860. The summed E-state index contributed by atoms with van der Waals surface area (Å²) in [4.78, 5) is 0. The smallest absolute Gasteiger partial charge is 0.164 e. The fourth-order valence-corrected chi connectivity index (χ4v) is 1.82. The fraction of sp³-hybridized carbons (Fsp3) is 0.727. The minimum Gasteiger partial charge on any atom is -0.266 e. The summed E-state index contributed by atoms with van der Waals surface area (Å²) in [5.41, 5.74) is 0.848. The van der Waals surface area contributed by atoms with Crippen molar-refractivity contribution in [2.75, 3.05) is 0 Å². The Morgan fingerprint density at radius 2 is 2.29 bits per heavy atom. The highest BCUT2D eigenvalue weighted by Gasteiger charge is 2.30. The Kier molecular flexibility index (Phi) is 2.85. The van der Waals surface area contributed by atoms with Gasteiger partial charge in [-0.3, -0.25) is 4.68 Å². The largest absolute Gasteiger partial charge is 0.266 e. The first kappa shape index (κ1) is 9.69. The van der Waals surface area contributed by atoms with E-state index in [1.807, 2.05) is 4.68 Å². The van der Waals surface area contributed by atoms with Crippen molar-refractivity contribution in [3.8, 4) is 0 Å². The lowest BCUT2D eigenvalue weighted by Gasteiger charge is -2.05. The zero-order valence-corrected chi connectivity index (χ0v) is 8.67. The summed E-state index contributed by atoms with van der Waals surface area (Å²) < 4.78 is 15.2. The van der Waals surface area contributed by atoms with E-state index in [1.165, 1.54) is 19.0 Å². The fourth-order valence-electron chi connectivity index (χ4n) is 1.82. The van der Waals surface area contributed by atoms with Crippen LogP contribution < -0.4 is 0 Å². The van der Waals surface area contributed by atoms with Gasteiger partial charge in [0.2, 0.25) is 0 Å². The van der Waals surface area contributed by atoms with E-state index in [-0.39, 0.29) is 5.82 Å². The molecule has 1 heterocycles. The third-order valence-corrected chi connectivity index (χ3v) is 2.77. The van der Waals surface area contributed by atoms with Gasteiger partial charge in [-0.2, -0.15) is 5.10 Å². The number of nitrogens with zero attached hydrogens (tertiary/aromatic N) is 2. The Morgan fingerprint density at radius 1 is 1.50 bits per heavy atom. The molecule has 2 rings (SSSR count). The highest BCUT2D eigenvalue weighted by atomic mass is 19.1. The van der Waals surface area contributed by atoms with Crippen LogP contribution in [0.25, 0.3) is 0 Å². The van der Waals surface area contributed by atoms with Crippen LogP contribution >= 0.6 is 0 Å². The maximum Gasteiger partial charge on any atom is 0.164 e. The van der Waals surface area contributed by atoms with Crippen LogP contribution in [0.5, 0.6) is 0 Å². The van der Waals surface area contributed by atoms with Gasteiger partial charge in [-0.05, 0) is 19.3 Å². The standard InChI is InChI=1S/C11H17FN2/c1-2-3-4-7-14-11(9-5-6-9)10(12)8-13-14/h8-9H,2-7H2,1H3. The molecule has 0 aliphatic heterocycles. The summed E-state index contributed by atoms with van der Waals surface area (Å²) in [5, 5.41) is 4.09. The third-order valence-electron chi connectivity index (χ3n) is 2.77. The molecule has 1 fully saturated rings. The second-order valence-corrected chi connectivity index (χ2v) is 4.08. The van der Waals surface area contributed by atoms with Crippen LogP contribution in [0.15, 0.2) is 6.20 Å². The average molecular weight is 196 g/mol. The predicted octanol–water partition coefficient (Wildman–Crippen LogP) is 3.09. The number of hydrogen-bond acceptors (Lipinski definition) is 1. The minimum atomic E-state index is -0.107. The molecule has 0 aromatic carbocycles. The van der Waals surface area contributed by atoms with Gasteiger partial charge in [0.15, 0.2) is 5.82 Å². The molecule has 0 atom stereocenters. The van der Waals surface area contributed by atoms with Gasteiger partial charge in [0.25, 0.3) is 0 Å². The Labute approximate surface area is 84.1 Å². The van der Waals surface area contributed by atoms with E-state index < -0.39 is 0 Å². The quantitative estimate of drug-likeness (QED) is 0.662. The number of aryl methyl sites for hydroxylation is 1. The monoisotopic (exact) mass is 196 g/mol. The third kappa shape index (κ3) is 1.97. The van der Waals surface area contributed by atoms with Crippen LogP contribution in [-0.2, 0) is 6.54 Å². The molecule has 0 spiro atoms. The lowest BCUT2D eigenvalue weighted by atomic mass is 10.2. The van der Waals surface area contributed by atoms with E-state index in [4.69, 9.17) is 0 Å². The average Bonchev–Trinajstić information content (AvgIpc) is 2.93. The summed E-state index contributed by atoms with van der Waals surface area (Å²) in [6, 6.07) is 0. The van der Waals surface area contributed by atoms with Crippen LogP contribution in [0.4, 0.5) is 4.39 Å². The molecule has 1 aromatic rings. The van der Waals surface area contributed by atoms with Gasteiger partial charge >= 0.3 is 0 Å². The first-order valence-electron chi connectivity index (χ1n) is 5.54. The van der Waals surface area contributed by atoms with Gasteiger partial charge in [-0.15, -0.1) is 0 Å². The topological polar surface area (TPSA) is 17.8 Å². The Bertz CT molecular complexity index is 302. The van der Waals surface area contributed by atoms with Crippen molar-refractivity contribution in [2.45, 2.75) is 51.5 Å². The predicted molar refractivity (Wildman–Crippen MR) is 53.7 cm³/mol. The second-order valence-electron chi connectivity index (χ2n) is 4.08. The first-order chi connectivity index (χ1) is 6.83. The SMILES string of the molecule is CCCCCn1ncc(F)c1C1CC1. The van der Waals surface area contributed by atoms with Gasteiger partial charge < -0.3 is 0 Å². The van der Waals surface area contributed by atoms with Crippen LogP contribution in [0.1, 0.15) is 50.6 Å². The molecule has 78 valence electrons. The molecule has 1 aliphatic rings. The van der Waals surface area contributed by atoms with Crippen molar-refractivity contribution < 1.29 is 4.39 Å². The lowest BCUT2D eigenvalue weighted by molar-refractivity contribution is 0.521. The zero-order valence-electron chi connectivity index (χ0n) is 8.67. The van der Waals surface area contributed by atoms with Crippen LogP contribution in [0.3, 0.4) is 0 Å². The van der Waals surface area contributed by atoms with E-state index in [9.17, 15) is 4.39 Å². The minimum absolute atomic E-state index is 0.107. The number of halogens is 1. The molecule has 0 radical (unpaired) electrons. The van der Waals surface area contributed by atoms with E-state index in [0.29, 0.717) is 5.92 Å². The number of hydrogen-bond donors (Lipinski definition) is 0. The molecular formula is C11H17FN2. The number of aromatic nitrogens is 2. The highest BCUT2D eigenvalue weighted by molar-refractivity contribution is 5.16. The molecule has 3 heteroatoms. The van der Waals surface area contributed by atoms with E-state index >= 15 is 0 Å². The molecule has 14 heavy (non-hydrogen) atoms. The molecule has 1 aromatic heterocycles. The van der Waals surface area contributed by atoms with Gasteiger partial charge in [-0.1, -0.05) is 19.8 Å². The van der Waals surface area contributed by atoms with Crippen molar-refractivity contribution in [3.05, 3.63) is 17.7 Å². The molecule has 0 bridgehead atoms. The Balaban J connectivity index is 2.01. The van der Waals surface area contributed by atoms with Crippen LogP contribution in [-0.4, -0.2) is 9.78 Å². The summed E-state index contributed by atoms with van der Waals surface area (Å²) in [7, 11) is 0. The summed E-state index contributed by atoms with van der Waals surface area (Å²) in [6.07, 6.45) is 7.14. The van der Waals surface area contributed by atoms with Crippen molar-refractivity contribution in [1.29, 1.82) is 0 Å². The molecular weight excluding hydrogens is 179 g/mol. The molecule has 0 N–H and O–H groups in total. The van der Waals surface area contributed by atoms with Crippen molar-refractivity contribution in [3.63, 3.8) is 0 Å². The van der Waals surface area contributed by atoms with Crippen LogP contribution in [0, 0.1) is 5.82 Å². The van der Waals surface area contributed by atoms with Gasteiger partial charge in [0.1, 0.15) is 0 Å². The maximum atomic E-state index is 13.3. The van der Waals surface area contributed by atoms with Gasteiger partial charge in [0, 0.05) is 12.5 Å². The molecule has 0 saturated heterocycles. The van der Waals surface area contributed by atoms with E-state index in [2.05, 4.69) is 12.0 Å². The zero-order chi connectivity index (χ0) is 9.97. The normalized spacial score (nSPS) is 16.1. The molecule has 1 saturated carbocycles. The van der Waals surface area contributed by atoms with Crippen molar-refractivity contribution in [1.82, 2.24) is 9.78 Å². The van der Waals surface area contributed by atoms with Gasteiger partial charge in [-0.25, -0.2) is 4.39 Å². The van der Waals surface area contributed by atoms with Crippen LogP contribution in [0.2, 0.25) is 0 Å².